The van der Waals surface area contributed by atoms with Crippen LogP contribution in [0.2, 0.25) is 0 Å². The molecule has 0 bridgehead atoms. The van der Waals surface area contributed by atoms with Gasteiger partial charge in [-0.15, -0.1) is 0 Å². The molecule has 1 unspecified atom stereocenters. The van der Waals surface area contributed by atoms with Crippen LogP contribution in [0.5, 0.6) is 0 Å². The monoisotopic (exact) mass is 265 g/mol. The van der Waals surface area contributed by atoms with Gasteiger partial charge in [-0.1, -0.05) is 5.16 Å². The second-order valence-corrected chi connectivity index (χ2v) is 5.93. The Balaban J connectivity index is 1.55. The summed E-state index contributed by atoms with van der Waals surface area (Å²) in [5, 5.41) is 7.50. The van der Waals surface area contributed by atoms with Gasteiger partial charge in [0.15, 0.2) is 0 Å². The highest BCUT2D eigenvalue weighted by atomic mass is 16.5. The summed E-state index contributed by atoms with van der Waals surface area (Å²) in [5.74, 6) is 2.30. The van der Waals surface area contributed by atoms with E-state index in [0.717, 1.165) is 63.0 Å². The van der Waals surface area contributed by atoms with E-state index in [1.165, 1.54) is 12.8 Å². The molecule has 1 N–H and O–H groups in total. The minimum atomic E-state index is -0.323. The lowest BCUT2D eigenvalue weighted by molar-refractivity contribution is 0.00768. The van der Waals surface area contributed by atoms with Crippen LogP contribution in [0, 0.1) is 5.92 Å². The first-order chi connectivity index (χ1) is 9.26. The Labute approximate surface area is 114 Å². The lowest BCUT2D eigenvalue weighted by atomic mass is 9.93. The van der Waals surface area contributed by atoms with Crippen molar-refractivity contribution in [2.75, 3.05) is 19.7 Å². The number of piperidine rings is 1. The van der Waals surface area contributed by atoms with Crippen LogP contribution in [0.3, 0.4) is 0 Å². The van der Waals surface area contributed by atoms with Crippen molar-refractivity contribution in [3.05, 3.63) is 11.7 Å². The number of ether oxygens (including phenoxy) is 1. The van der Waals surface area contributed by atoms with E-state index in [9.17, 15) is 0 Å². The standard InChI is InChI=1S/C14H23N3O2/c1-14(7-2-10-18-14)13-16-12(19-17-13)4-3-11-5-8-15-9-6-11/h11,15H,2-10H2,1H3. The van der Waals surface area contributed by atoms with Gasteiger partial charge in [-0.05, 0) is 58.0 Å². The first kappa shape index (κ1) is 13.1. The van der Waals surface area contributed by atoms with Gasteiger partial charge in [0.1, 0.15) is 5.60 Å². The molecule has 1 atom stereocenters. The predicted octanol–water partition coefficient (Wildman–Crippen LogP) is 2.03. The van der Waals surface area contributed by atoms with Crippen molar-refractivity contribution in [3.8, 4) is 0 Å². The van der Waals surface area contributed by atoms with Gasteiger partial charge in [-0.25, -0.2) is 0 Å². The molecule has 0 amide bonds. The number of hydrogen-bond donors (Lipinski definition) is 1. The fourth-order valence-corrected chi connectivity index (χ4v) is 3.02. The van der Waals surface area contributed by atoms with Gasteiger partial charge in [0, 0.05) is 13.0 Å². The van der Waals surface area contributed by atoms with Gasteiger partial charge in [-0.2, -0.15) is 4.98 Å². The van der Waals surface area contributed by atoms with Gasteiger partial charge < -0.3 is 14.6 Å². The molecule has 1 aromatic heterocycles. The molecule has 1 aromatic rings. The average Bonchev–Trinajstić information content (AvgIpc) is 3.07. The topological polar surface area (TPSA) is 60.2 Å². The molecule has 19 heavy (non-hydrogen) atoms. The van der Waals surface area contributed by atoms with Crippen LogP contribution in [0.1, 0.15) is 50.7 Å². The second kappa shape index (κ2) is 5.59. The van der Waals surface area contributed by atoms with E-state index >= 15 is 0 Å². The molecule has 2 aliphatic rings. The molecule has 2 aliphatic heterocycles. The largest absolute Gasteiger partial charge is 0.367 e. The maximum atomic E-state index is 5.74. The SMILES string of the molecule is CC1(c2noc(CCC3CCNCC3)n2)CCCO1. The number of aromatic nitrogens is 2. The quantitative estimate of drug-likeness (QED) is 0.902. The summed E-state index contributed by atoms with van der Waals surface area (Å²) < 4.78 is 11.1. The molecule has 5 heteroatoms. The highest BCUT2D eigenvalue weighted by Crippen LogP contribution is 2.33. The Morgan fingerprint density at radius 2 is 2.21 bits per heavy atom. The van der Waals surface area contributed by atoms with Gasteiger partial charge in [0.2, 0.25) is 11.7 Å². The maximum absolute atomic E-state index is 5.74. The number of hydrogen-bond acceptors (Lipinski definition) is 5. The zero-order valence-electron chi connectivity index (χ0n) is 11.7. The van der Waals surface area contributed by atoms with Crippen molar-refractivity contribution in [1.29, 1.82) is 0 Å². The van der Waals surface area contributed by atoms with Crippen LogP contribution in [-0.2, 0) is 16.8 Å². The lowest BCUT2D eigenvalue weighted by Gasteiger charge is -2.21. The Morgan fingerprint density at radius 1 is 1.37 bits per heavy atom. The highest BCUT2D eigenvalue weighted by Gasteiger charge is 2.36. The first-order valence-electron chi connectivity index (χ1n) is 7.44. The number of nitrogens with one attached hydrogen (secondary N) is 1. The first-order valence-corrected chi connectivity index (χ1v) is 7.44. The molecule has 5 nitrogen and oxygen atoms in total. The van der Waals surface area contributed by atoms with Crippen LogP contribution in [-0.4, -0.2) is 29.8 Å². The van der Waals surface area contributed by atoms with Crippen LogP contribution in [0.25, 0.3) is 0 Å². The van der Waals surface area contributed by atoms with Crippen LogP contribution in [0.4, 0.5) is 0 Å². The van der Waals surface area contributed by atoms with Crippen LogP contribution in [0.15, 0.2) is 4.52 Å². The number of nitrogens with zero attached hydrogens (tertiary/aromatic N) is 2. The molecule has 106 valence electrons. The molecule has 0 aromatic carbocycles. The van der Waals surface area contributed by atoms with E-state index in [0.29, 0.717) is 0 Å². The van der Waals surface area contributed by atoms with Crippen molar-refractivity contribution in [2.24, 2.45) is 5.92 Å². The molecular formula is C14H23N3O2. The third-order valence-corrected chi connectivity index (χ3v) is 4.39. The molecule has 0 radical (unpaired) electrons. The fraction of sp³-hybridized carbons (Fsp3) is 0.857. The van der Waals surface area contributed by atoms with Gasteiger partial charge in [-0.3, -0.25) is 0 Å². The van der Waals surface area contributed by atoms with E-state index in [-0.39, 0.29) is 5.60 Å². The van der Waals surface area contributed by atoms with Crippen LogP contribution < -0.4 is 5.32 Å². The summed E-state index contributed by atoms with van der Waals surface area (Å²) in [5.41, 5.74) is -0.323. The van der Waals surface area contributed by atoms with Crippen molar-refractivity contribution in [1.82, 2.24) is 15.5 Å². The Hall–Kier alpha value is -0.940. The Bertz CT molecular complexity index is 407. The second-order valence-electron chi connectivity index (χ2n) is 5.93. The van der Waals surface area contributed by atoms with Gasteiger partial charge >= 0.3 is 0 Å². The molecular weight excluding hydrogens is 242 g/mol. The highest BCUT2D eigenvalue weighted by molar-refractivity contribution is 5.01. The fourth-order valence-electron chi connectivity index (χ4n) is 3.02. The number of rotatable bonds is 4. The van der Waals surface area contributed by atoms with E-state index in [4.69, 9.17) is 9.26 Å². The van der Waals surface area contributed by atoms with Gasteiger partial charge in [0.25, 0.3) is 0 Å². The van der Waals surface area contributed by atoms with E-state index in [2.05, 4.69) is 22.4 Å². The summed E-state index contributed by atoms with van der Waals surface area (Å²) in [6.07, 6.45) is 6.65. The summed E-state index contributed by atoms with van der Waals surface area (Å²) in [6.45, 7) is 5.15. The van der Waals surface area contributed by atoms with Gasteiger partial charge in [0.05, 0.1) is 0 Å². The minimum Gasteiger partial charge on any atom is -0.367 e. The normalized spacial score (nSPS) is 28.9. The molecule has 2 fully saturated rings. The molecule has 0 aliphatic carbocycles. The van der Waals surface area contributed by atoms with Crippen molar-refractivity contribution in [3.63, 3.8) is 0 Å². The average molecular weight is 265 g/mol. The summed E-state index contributed by atoms with van der Waals surface area (Å²) in [7, 11) is 0. The Morgan fingerprint density at radius 3 is 2.95 bits per heavy atom. The van der Waals surface area contributed by atoms with Crippen molar-refractivity contribution >= 4 is 0 Å². The zero-order chi connectivity index (χ0) is 13.1. The lowest BCUT2D eigenvalue weighted by Crippen LogP contribution is -2.27. The zero-order valence-corrected chi connectivity index (χ0v) is 11.7. The van der Waals surface area contributed by atoms with Crippen molar-refractivity contribution < 1.29 is 9.26 Å². The Kier molecular flexibility index (Phi) is 3.84. The van der Waals surface area contributed by atoms with E-state index in [1.807, 2.05) is 0 Å². The summed E-state index contributed by atoms with van der Waals surface area (Å²) in [4.78, 5) is 4.53. The minimum absolute atomic E-state index is 0.323. The third-order valence-electron chi connectivity index (χ3n) is 4.39. The van der Waals surface area contributed by atoms with Crippen molar-refractivity contribution in [2.45, 2.75) is 51.0 Å². The maximum Gasteiger partial charge on any atom is 0.226 e. The van der Waals surface area contributed by atoms with E-state index in [1.54, 1.807) is 0 Å². The molecule has 0 saturated carbocycles. The predicted molar refractivity (Wildman–Crippen MR) is 70.8 cm³/mol. The molecule has 2 saturated heterocycles. The van der Waals surface area contributed by atoms with E-state index < -0.39 is 0 Å². The molecule has 3 rings (SSSR count). The van der Waals surface area contributed by atoms with Crippen LogP contribution >= 0.6 is 0 Å². The number of aryl methyl sites for hydroxylation is 1. The summed E-state index contributed by atoms with van der Waals surface area (Å²) >= 11 is 0. The third kappa shape index (κ3) is 2.98. The smallest absolute Gasteiger partial charge is 0.226 e. The summed E-state index contributed by atoms with van der Waals surface area (Å²) in [6, 6.07) is 0. The molecule has 0 spiro atoms. The molecule has 3 heterocycles.